The molecule has 4 amide bonds. The van der Waals surface area contributed by atoms with Gasteiger partial charge in [0, 0.05) is 18.8 Å². The Morgan fingerprint density at radius 2 is 1.86 bits per heavy atom. The van der Waals surface area contributed by atoms with Gasteiger partial charge in [0.15, 0.2) is 0 Å². The van der Waals surface area contributed by atoms with E-state index in [9.17, 15) is 14.4 Å². The molecular formula is C15H19N3O3. The molecule has 6 nitrogen and oxygen atoms in total. The number of carbonyl (C=O) groups excluding carboxylic acids is 3. The highest BCUT2D eigenvalue weighted by Gasteiger charge is 2.36. The lowest BCUT2D eigenvalue weighted by molar-refractivity contribution is -0.129. The first-order valence-electron chi connectivity index (χ1n) is 6.84. The smallest absolute Gasteiger partial charge is 0.318 e. The molecule has 6 heteroatoms. The molecule has 0 spiro atoms. The van der Waals surface area contributed by atoms with Crippen molar-refractivity contribution < 1.29 is 14.4 Å². The van der Waals surface area contributed by atoms with Crippen LogP contribution in [0.3, 0.4) is 0 Å². The predicted octanol–water partition coefficient (Wildman–Crippen LogP) is 1.32. The Bertz CT molecular complexity index is 557. The second-order valence-electron chi connectivity index (χ2n) is 5.31. The van der Waals surface area contributed by atoms with Crippen LogP contribution >= 0.6 is 0 Å². The molecule has 112 valence electrons. The molecule has 1 aromatic carbocycles. The maximum absolute atomic E-state index is 12.5. The van der Waals surface area contributed by atoms with E-state index in [1.54, 1.807) is 11.9 Å². The van der Waals surface area contributed by atoms with E-state index >= 15 is 0 Å². The zero-order chi connectivity index (χ0) is 15.6. The molecule has 1 aliphatic heterocycles. The normalized spacial score (nSPS) is 15.0. The molecule has 0 bridgehead atoms. The Labute approximate surface area is 123 Å². The number of benzene rings is 1. The number of nitrogens with zero attached hydrogens (tertiary/aromatic N) is 3. The van der Waals surface area contributed by atoms with Crippen molar-refractivity contribution in [1.29, 1.82) is 0 Å². The molecule has 21 heavy (non-hydrogen) atoms. The van der Waals surface area contributed by atoms with Crippen LogP contribution in [0.5, 0.6) is 0 Å². The topological polar surface area (TPSA) is 60.9 Å². The molecule has 1 saturated heterocycles. The SMILES string of the molecule is CC(C)N(C(=O)CN1C(=O)CN(C)C1=O)c1ccccc1. The van der Waals surface area contributed by atoms with Crippen LogP contribution in [0.15, 0.2) is 30.3 Å². The first-order chi connectivity index (χ1) is 9.91. The van der Waals surface area contributed by atoms with Crippen LogP contribution in [0.4, 0.5) is 10.5 Å². The zero-order valence-electron chi connectivity index (χ0n) is 12.4. The number of rotatable bonds is 4. The summed E-state index contributed by atoms with van der Waals surface area (Å²) < 4.78 is 0. The lowest BCUT2D eigenvalue weighted by atomic mass is 10.2. The minimum absolute atomic E-state index is 0.0269. The summed E-state index contributed by atoms with van der Waals surface area (Å²) in [6.07, 6.45) is 0. The summed E-state index contributed by atoms with van der Waals surface area (Å²) in [5.74, 6) is -0.610. The molecule has 1 fully saturated rings. The summed E-state index contributed by atoms with van der Waals surface area (Å²) in [4.78, 5) is 40.0. The number of imide groups is 1. The average Bonchev–Trinajstić information content (AvgIpc) is 2.66. The van der Waals surface area contributed by atoms with Crippen LogP contribution in [-0.2, 0) is 9.59 Å². The highest BCUT2D eigenvalue weighted by molar-refractivity contribution is 6.06. The van der Waals surface area contributed by atoms with E-state index in [1.807, 2.05) is 44.2 Å². The molecule has 1 heterocycles. The van der Waals surface area contributed by atoms with E-state index in [0.717, 1.165) is 10.6 Å². The number of hydrogen-bond donors (Lipinski definition) is 0. The third-order valence-electron chi connectivity index (χ3n) is 3.34. The van der Waals surface area contributed by atoms with E-state index in [4.69, 9.17) is 0 Å². The third kappa shape index (κ3) is 3.04. The molecule has 0 aromatic heterocycles. The van der Waals surface area contributed by atoms with E-state index in [0.29, 0.717) is 0 Å². The molecule has 2 rings (SSSR count). The van der Waals surface area contributed by atoms with Crippen LogP contribution in [0.2, 0.25) is 0 Å². The quantitative estimate of drug-likeness (QED) is 0.785. The Kier molecular flexibility index (Phi) is 4.26. The van der Waals surface area contributed by atoms with Gasteiger partial charge in [-0.05, 0) is 26.0 Å². The van der Waals surface area contributed by atoms with Gasteiger partial charge in [-0.3, -0.25) is 14.5 Å². The number of para-hydroxylation sites is 1. The van der Waals surface area contributed by atoms with Gasteiger partial charge in [-0.15, -0.1) is 0 Å². The van der Waals surface area contributed by atoms with Gasteiger partial charge < -0.3 is 9.80 Å². The fourth-order valence-corrected chi connectivity index (χ4v) is 2.35. The molecule has 0 atom stereocenters. The first-order valence-corrected chi connectivity index (χ1v) is 6.84. The monoisotopic (exact) mass is 289 g/mol. The molecule has 0 N–H and O–H groups in total. The summed E-state index contributed by atoms with van der Waals surface area (Å²) in [5, 5.41) is 0. The maximum Gasteiger partial charge on any atom is 0.327 e. The standard InChI is InChI=1S/C15H19N3O3/c1-11(2)18(12-7-5-4-6-8-12)14(20)10-17-13(19)9-16(3)15(17)21/h4-8,11H,9-10H2,1-3H3. The van der Waals surface area contributed by atoms with Gasteiger partial charge in [-0.2, -0.15) is 0 Å². The Morgan fingerprint density at radius 1 is 1.24 bits per heavy atom. The van der Waals surface area contributed by atoms with Gasteiger partial charge in [-0.25, -0.2) is 4.79 Å². The summed E-state index contributed by atoms with van der Waals surface area (Å²) in [5.41, 5.74) is 0.755. The lowest BCUT2D eigenvalue weighted by Gasteiger charge is -2.28. The van der Waals surface area contributed by atoms with Crippen molar-refractivity contribution in [2.24, 2.45) is 0 Å². The first kappa shape index (κ1) is 15.0. The molecule has 1 aliphatic rings. The minimum atomic E-state index is -0.426. The maximum atomic E-state index is 12.5. The van der Waals surface area contributed by atoms with E-state index in [1.165, 1.54) is 4.90 Å². The van der Waals surface area contributed by atoms with Crippen molar-refractivity contribution >= 4 is 23.5 Å². The van der Waals surface area contributed by atoms with Gasteiger partial charge >= 0.3 is 6.03 Å². The lowest BCUT2D eigenvalue weighted by Crippen LogP contribution is -2.46. The van der Waals surface area contributed by atoms with Crippen LogP contribution < -0.4 is 4.90 Å². The highest BCUT2D eigenvalue weighted by atomic mass is 16.2. The zero-order valence-corrected chi connectivity index (χ0v) is 12.4. The minimum Gasteiger partial charge on any atom is -0.318 e. The van der Waals surface area contributed by atoms with Crippen LogP contribution in [0.25, 0.3) is 0 Å². The molecule has 0 radical (unpaired) electrons. The summed E-state index contributed by atoms with van der Waals surface area (Å²) >= 11 is 0. The Hall–Kier alpha value is -2.37. The summed E-state index contributed by atoms with van der Waals surface area (Å²) in [6, 6.07) is 8.73. The van der Waals surface area contributed by atoms with Crippen LogP contribution in [-0.4, -0.2) is 53.8 Å². The third-order valence-corrected chi connectivity index (χ3v) is 3.34. The largest absolute Gasteiger partial charge is 0.327 e. The van der Waals surface area contributed by atoms with Gasteiger partial charge in [0.1, 0.15) is 13.1 Å². The number of amides is 4. The van der Waals surface area contributed by atoms with Crippen molar-refractivity contribution in [3.63, 3.8) is 0 Å². The summed E-state index contributed by atoms with van der Waals surface area (Å²) in [6.45, 7) is 3.59. The highest BCUT2D eigenvalue weighted by Crippen LogP contribution is 2.18. The van der Waals surface area contributed by atoms with Crippen molar-refractivity contribution in [3.8, 4) is 0 Å². The van der Waals surface area contributed by atoms with Crippen molar-refractivity contribution in [2.45, 2.75) is 19.9 Å². The summed E-state index contributed by atoms with van der Waals surface area (Å²) in [7, 11) is 1.54. The molecule has 0 unspecified atom stereocenters. The van der Waals surface area contributed by atoms with Gasteiger partial charge in [0.2, 0.25) is 5.91 Å². The average molecular weight is 289 g/mol. The van der Waals surface area contributed by atoms with E-state index < -0.39 is 6.03 Å². The van der Waals surface area contributed by atoms with Gasteiger partial charge in [0.05, 0.1) is 0 Å². The molecule has 0 saturated carbocycles. The molecular weight excluding hydrogens is 270 g/mol. The fraction of sp³-hybridized carbons (Fsp3) is 0.400. The number of anilines is 1. The van der Waals surface area contributed by atoms with E-state index in [-0.39, 0.29) is 30.9 Å². The Balaban J connectivity index is 2.17. The number of carbonyl (C=O) groups is 3. The van der Waals surface area contributed by atoms with Crippen LogP contribution in [0, 0.1) is 0 Å². The number of hydrogen-bond acceptors (Lipinski definition) is 3. The van der Waals surface area contributed by atoms with Crippen molar-refractivity contribution in [3.05, 3.63) is 30.3 Å². The number of urea groups is 1. The van der Waals surface area contributed by atoms with Gasteiger partial charge in [-0.1, -0.05) is 18.2 Å². The molecule has 1 aromatic rings. The Morgan fingerprint density at radius 3 is 2.33 bits per heavy atom. The van der Waals surface area contributed by atoms with Crippen molar-refractivity contribution in [2.75, 3.05) is 25.0 Å². The second kappa shape index (κ2) is 5.95. The number of likely N-dealkylation sites (N-methyl/N-ethyl adjacent to an activating group) is 1. The van der Waals surface area contributed by atoms with E-state index in [2.05, 4.69) is 0 Å². The molecule has 0 aliphatic carbocycles. The van der Waals surface area contributed by atoms with Crippen molar-refractivity contribution in [1.82, 2.24) is 9.80 Å². The second-order valence-corrected chi connectivity index (χ2v) is 5.31. The van der Waals surface area contributed by atoms with Crippen LogP contribution in [0.1, 0.15) is 13.8 Å². The fourth-order valence-electron chi connectivity index (χ4n) is 2.35. The predicted molar refractivity (Wildman–Crippen MR) is 78.8 cm³/mol. The van der Waals surface area contributed by atoms with Gasteiger partial charge in [0.25, 0.3) is 5.91 Å².